The van der Waals surface area contributed by atoms with Crippen molar-refractivity contribution in [3.63, 3.8) is 0 Å². The molecule has 0 aliphatic carbocycles. The first-order chi connectivity index (χ1) is 21.8. The van der Waals surface area contributed by atoms with Gasteiger partial charge in [0.25, 0.3) is 11.8 Å². The van der Waals surface area contributed by atoms with Crippen LogP contribution in [0.4, 0.5) is 5.13 Å². The van der Waals surface area contributed by atoms with E-state index in [-0.39, 0.29) is 22.4 Å². The van der Waals surface area contributed by atoms with Gasteiger partial charge in [0.15, 0.2) is 5.13 Å². The molecule has 0 radical (unpaired) electrons. The third-order valence-corrected chi connectivity index (χ3v) is 13.0. The quantitative estimate of drug-likeness (QED) is 0.103. The fraction of sp³-hybridized carbons (Fsp3) is 0.188. The van der Waals surface area contributed by atoms with Gasteiger partial charge in [-0.15, -0.1) is 0 Å². The number of carbonyl (C=O) groups excluding carboxylic acids is 2. The van der Waals surface area contributed by atoms with Crippen LogP contribution in [-0.2, 0) is 19.2 Å². The minimum atomic E-state index is -2.41. The second kappa shape index (κ2) is 12.6. The minimum absolute atomic E-state index is 0.0198. The van der Waals surface area contributed by atoms with Gasteiger partial charge in [0.2, 0.25) is 11.5 Å². The van der Waals surface area contributed by atoms with Crippen LogP contribution < -0.4 is 27.0 Å². The topological polar surface area (TPSA) is 160 Å². The largest absolute Gasteiger partial charge is 0.477 e. The molecule has 1 aromatic heterocycles. The first kappa shape index (κ1) is 30.1. The lowest BCUT2D eigenvalue weighted by Gasteiger charge is -2.50. The Kier molecular flexibility index (Phi) is 8.42. The number of oxime groups is 1. The molecule has 11 nitrogen and oxygen atoms in total. The second-order valence-electron chi connectivity index (χ2n) is 10.6. The van der Waals surface area contributed by atoms with Crippen LogP contribution in [0.25, 0.3) is 0 Å². The number of rotatable bonds is 10. The van der Waals surface area contributed by atoms with E-state index in [4.69, 9.17) is 10.6 Å². The number of fused-ring (bicyclic) bond motifs is 1. The fourth-order valence-electron chi connectivity index (χ4n) is 6.16. The molecule has 4 N–H and O–H groups in total. The predicted octanol–water partition coefficient (Wildman–Crippen LogP) is 2.29. The van der Waals surface area contributed by atoms with Crippen LogP contribution in [0.15, 0.2) is 107 Å². The van der Waals surface area contributed by atoms with Gasteiger partial charge in [0.1, 0.15) is 42.0 Å². The molecule has 3 heterocycles. The number of allylic oxidation sites excluding steroid dienone is 1. The van der Waals surface area contributed by atoms with E-state index in [9.17, 15) is 19.5 Å². The number of nitrogen functional groups attached to an aromatic ring is 1. The van der Waals surface area contributed by atoms with Gasteiger partial charge in [-0.25, -0.2) is 4.79 Å². The van der Waals surface area contributed by atoms with Crippen molar-refractivity contribution in [3.05, 3.63) is 108 Å². The fourth-order valence-corrected chi connectivity index (χ4v) is 11.0. The Morgan fingerprint density at radius 2 is 1.58 bits per heavy atom. The van der Waals surface area contributed by atoms with E-state index in [2.05, 4.69) is 56.2 Å². The van der Waals surface area contributed by atoms with Crippen LogP contribution in [0.3, 0.4) is 0 Å². The van der Waals surface area contributed by atoms with E-state index in [1.807, 2.05) is 54.6 Å². The zero-order valence-electron chi connectivity index (χ0n) is 24.2. The van der Waals surface area contributed by atoms with E-state index in [0.717, 1.165) is 27.4 Å². The maximum absolute atomic E-state index is 13.6. The average molecular weight is 642 g/mol. The highest BCUT2D eigenvalue weighted by molar-refractivity contribution is 7.95. The third kappa shape index (κ3) is 5.47. The lowest BCUT2D eigenvalue weighted by molar-refractivity contribution is -0.155. The summed E-state index contributed by atoms with van der Waals surface area (Å²) in [6.45, 7) is 0. The summed E-state index contributed by atoms with van der Waals surface area (Å²) in [4.78, 5) is 49.8. The van der Waals surface area contributed by atoms with E-state index >= 15 is 0 Å². The Bertz CT molecular complexity index is 1700. The smallest absolute Gasteiger partial charge is 0.352 e. The van der Waals surface area contributed by atoms with Gasteiger partial charge in [0, 0.05) is 11.5 Å². The Labute approximate surface area is 263 Å². The van der Waals surface area contributed by atoms with E-state index in [1.165, 1.54) is 12.0 Å². The molecule has 228 valence electrons. The maximum atomic E-state index is 13.6. The van der Waals surface area contributed by atoms with Crippen molar-refractivity contribution in [3.8, 4) is 0 Å². The lowest BCUT2D eigenvalue weighted by atomic mass is 9.83. The summed E-state index contributed by atoms with van der Waals surface area (Å²) in [7, 11) is -1.14. The Balaban J connectivity index is 1.37. The second-order valence-corrected chi connectivity index (χ2v) is 14.8. The van der Waals surface area contributed by atoms with Crippen LogP contribution in [0.2, 0.25) is 0 Å². The molecule has 1 unspecified atom stereocenters. The summed E-state index contributed by atoms with van der Waals surface area (Å²) in [5.74, 6) is -2.43. The third-order valence-electron chi connectivity index (χ3n) is 8.10. The molecule has 0 bridgehead atoms. The highest BCUT2D eigenvalue weighted by atomic mass is 32.1. The minimum Gasteiger partial charge on any atom is -0.477 e. The van der Waals surface area contributed by atoms with E-state index in [0.29, 0.717) is 24.6 Å². The van der Waals surface area contributed by atoms with Crippen molar-refractivity contribution in [2.45, 2.75) is 24.9 Å². The molecule has 0 saturated carbocycles. The Morgan fingerprint density at radius 3 is 2.04 bits per heavy atom. The first-order valence-electron chi connectivity index (χ1n) is 14.2. The molecule has 2 atom stereocenters. The van der Waals surface area contributed by atoms with Gasteiger partial charge >= 0.3 is 5.97 Å². The van der Waals surface area contributed by atoms with Crippen molar-refractivity contribution in [1.29, 1.82) is 0 Å². The number of nitrogens with two attached hydrogens (primary N) is 1. The number of amides is 2. The van der Waals surface area contributed by atoms with Gasteiger partial charge in [-0.3, -0.25) is 14.5 Å². The van der Waals surface area contributed by atoms with Crippen LogP contribution in [0, 0.1) is 0 Å². The maximum Gasteiger partial charge on any atom is 0.352 e. The molecule has 2 aliphatic heterocycles. The normalized spacial score (nSPS) is 18.2. The zero-order valence-corrected chi connectivity index (χ0v) is 25.9. The van der Waals surface area contributed by atoms with Crippen LogP contribution in [0.1, 0.15) is 18.7 Å². The number of benzene rings is 3. The van der Waals surface area contributed by atoms with Crippen molar-refractivity contribution >= 4 is 63.3 Å². The Morgan fingerprint density at radius 1 is 1.02 bits per heavy atom. The summed E-state index contributed by atoms with van der Waals surface area (Å²) >= 11 is 0.893. The molecule has 13 heteroatoms. The molecule has 3 aromatic carbocycles. The highest BCUT2D eigenvalue weighted by Crippen LogP contribution is 2.58. The molecule has 2 amide bonds. The lowest BCUT2D eigenvalue weighted by Crippen LogP contribution is -2.72. The monoisotopic (exact) mass is 641 g/mol. The van der Waals surface area contributed by atoms with Gasteiger partial charge < -0.3 is 21.0 Å². The van der Waals surface area contributed by atoms with Crippen LogP contribution >= 0.6 is 18.8 Å². The van der Waals surface area contributed by atoms with Gasteiger partial charge in [-0.05, 0) is 54.8 Å². The van der Waals surface area contributed by atoms with Gasteiger partial charge in [-0.2, -0.15) is 9.36 Å². The SMILES string of the molecule is CO/N=C(/C(=O)N[C@@H]1C(=O)N2C(C(=O)O)=C(C[P+](c3ccccc3)(c3ccccc3)c3ccccc3)CCC12)c1nsc(N)n1. The molecule has 2 aliphatic rings. The number of hydrogen-bond acceptors (Lipinski definition) is 9. The molecule has 1 fully saturated rings. The van der Waals surface area contributed by atoms with Crippen LogP contribution in [0.5, 0.6) is 0 Å². The predicted molar refractivity (Wildman–Crippen MR) is 174 cm³/mol. The standard InChI is InChI=1S/C32H29N6O5PS/c1-43-36-26(28-35-32(33)45-37-28)29(39)34-25-24-18-17-20(27(31(41)42)38(24)30(25)40)19-44(21-11-5-2-6-12-21,22-13-7-3-8-14-22)23-15-9-4-10-16-23/h2-16,24-25H,17-19H2,1H3,(H3-,33,34,35,37,39,41,42)/p+1/b36-26+/t24?,25-/m0/s1. The summed E-state index contributed by atoms with van der Waals surface area (Å²) in [5.41, 5.74) is 6.12. The summed E-state index contributed by atoms with van der Waals surface area (Å²) < 4.78 is 4.02. The average Bonchev–Trinajstić information content (AvgIpc) is 3.51. The van der Waals surface area contributed by atoms with Gasteiger partial charge in [0.05, 0.1) is 12.2 Å². The van der Waals surface area contributed by atoms with Gasteiger partial charge in [-0.1, -0.05) is 59.8 Å². The van der Waals surface area contributed by atoms with Crippen molar-refractivity contribution < 1.29 is 24.3 Å². The zero-order chi connectivity index (χ0) is 31.6. The van der Waals surface area contributed by atoms with Crippen LogP contribution in [-0.4, -0.2) is 68.2 Å². The molecule has 0 spiro atoms. The van der Waals surface area contributed by atoms with E-state index in [1.54, 1.807) is 0 Å². The number of carboxylic acids is 1. The number of carbonyl (C=O) groups is 3. The summed E-state index contributed by atoms with van der Waals surface area (Å²) in [6.07, 6.45) is 1.36. The first-order valence-corrected chi connectivity index (χ1v) is 16.9. The number of aliphatic carboxylic acids is 1. The molecular formula is C32H30N6O5PS+. The number of carboxylic acid groups (broad SMARTS) is 1. The number of aromatic nitrogens is 2. The van der Waals surface area contributed by atoms with Crippen molar-refractivity contribution in [2.75, 3.05) is 19.0 Å². The van der Waals surface area contributed by atoms with E-state index < -0.39 is 37.1 Å². The number of anilines is 1. The molecule has 45 heavy (non-hydrogen) atoms. The van der Waals surface area contributed by atoms with Crippen molar-refractivity contribution in [2.24, 2.45) is 5.16 Å². The molecule has 1 saturated heterocycles. The molecule has 4 aromatic rings. The number of nitrogens with one attached hydrogen (secondary N) is 1. The number of hydrogen-bond donors (Lipinski definition) is 3. The van der Waals surface area contributed by atoms with Crippen molar-refractivity contribution in [1.82, 2.24) is 19.6 Å². The highest BCUT2D eigenvalue weighted by Gasteiger charge is 2.56. The summed E-state index contributed by atoms with van der Waals surface area (Å²) in [5, 5.41) is 20.5. The number of β-lactam (4-membered cyclic amide) rings is 1. The molecular weight excluding hydrogens is 611 g/mol. The Hall–Kier alpha value is -4.93. The number of nitrogens with zero attached hydrogens (tertiary/aromatic N) is 4. The molecule has 6 rings (SSSR count). The summed E-state index contributed by atoms with van der Waals surface area (Å²) in [6, 6.07) is 29.1.